The molecule has 2 amide bonds. The molecule has 1 aliphatic heterocycles. The van der Waals surface area contributed by atoms with E-state index in [9.17, 15) is 9.59 Å². The molecular weight excluding hydrogens is 490 g/mol. The van der Waals surface area contributed by atoms with Crippen LogP contribution in [0.3, 0.4) is 0 Å². The summed E-state index contributed by atoms with van der Waals surface area (Å²) in [6, 6.07) is 15.1. The van der Waals surface area contributed by atoms with Crippen LogP contribution in [0.2, 0.25) is 0 Å². The molecule has 0 saturated carbocycles. The first-order valence-electron chi connectivity index (χ1n) is 13.2. The molecule has 1 atom stereocenters. The third kappa shape index (κ3) is 5.74. The van der Waals surface area contributed by atoms with Gasteiger partial charge in [0.05, 0.1) is 17.9 Å². The van der Waals surface area contributed by atoms with E-state index in [-0.39, 0.29) is 18.0 Å². The first-order valence-corrected chi connectivity index (χ1v) is 13.2. The SMILES string of the molecule is Cc1cccc2ccnc(N(C(=O)c3ccc(-c4cnccn4)cc3)[C@@H]3CCCN(C(=O)OC(C)(C)C)C3)c12. The largest absolute Gasteiger partial charge is 0.444 e. The van der Waals surface area contributed by atoms with Crippen LogP contribution in [0.15, 0.2) is 73.3 Å². The number of pyridine rings is 1. The van der Waals surface area contributed by atoms with Gasteiger partial charge in [-0.25, -0.2) is 9.78 Å². The van der Waals surface area contributed by atoms with Gasteiger partial charge in [0.15, 0.2) is 0 Å². The number of carbonyl (C=O) groups is 2. The number of hydrogen-bond donors (Lipinski definition) is 0. The second-order valence-electron chi connectivity index (χ2n) is 10.9. The molecule has 1 saturated heterocycles. The first kappa shape index (κ1) is 26.3. The van der Waals surface area contributed by atoms with Gasteiger partial charge in [0.1, 0.15) is 11.4 Å². The van der Waals surface area contributed by atoms with Gasteiger partial charge in [0, 0.05) is 48.2 Å². The number of aromatic nitrogens is 3. The van der Waals surface area contributed by atoms with E-state index in [1.807, 2.05) is 76.2 Å². The van der Waals surface area contributed by atoms with Gasteiger partial charge in [-0.15, -0.1) is 0 Å². The van der Waals surface area contributed by atoms with Gasteiger partial charge in [-0.3, -0.25) is 19.7 Å². The number of piperidine rings is 1. The van der Waals surface area contributed by atoms with Crippen molar-refractivity contribution in [3.8, 4) is 11.3 Å². The van der Waals surface area contributed by atoms with Gasteiger partial charge in [-0.2, -0.15) is 0 Å². The lowest BCUT2D eigenvalue weighted by Crippen LogP contribution is -2.53. The molecule has 1 fully saturated rings. The molecule has 39 heavy (non-hydrogen) atoms. The van der Waals surface area contributed by atoms with Crippen molar-refractivity contribution in [2.24, 2.45) is 0 Å². The molecule has 1 aliphatic rings. The molecule has 3 heterocycles. The third-order valence-electron chi connectivity index (χ3n) is 6.83. The number of anilines is 1. The Hall–Kier alpha value is -4.33. The molecule has 0 spiro atoms. The van der Waals surface area contributed by atoms with E-state index in [1.165, 1.54) is 0 Å². The highest BCUT2D eigenvalue weighted by Crippen LogP contribution is 2.33. The molecular formula is C31H33N5O3. The second-order valence-corrected chi connectivity index (χ2v) is 10.9. The van der Waals surface area contributed by atoms with Crippen LogP contribution < -0.4 is 4.90 Å². The van der Waals surface area contributed by atoms with Gasteiger partial charge in [-0.1, -0.05) is 30.3 Å². The smallest absolute Gasteiger partial charge is 0.410 e. The predicted molar refractivity (Wildman–Crippen MR) is 152 cm³/mol. The summed E-state index contributed by atoms with van der Waals surface area (Å²) in [5.41, 5.74) is 2.58. The molecule has 8 nitrogen and oxygen atoms in total. The Kier molecular flexibility index (Phi) is 7.28. The van der Waals surface area contributed by atoms with Crippen LogP contribution in [0.4, 0.5) is 10.6 Å². The molecule has 4 aromatic rings. The number of rotatable bonds is 4. The van der Waals surface area contributed by atoms with E-state index in [4.69, 9.17) is 9.72 Å². The molecule has 0 N–H and O–H groups in total. The molecule has 8 heteroatoms. The van der Waals surface area contributed by atoms with Crippen molar-refractivity contribution < 1.29 is 14.3 Å². The maximum atomic E-state index is 14.3. The Labute approximate surface area is 228 Å². The summed E-state index contributed by atoms with van der Waals surface area (Å²) in [6.45, 7) is 8.55. The van der Waals surface area contributed by atoms with Gasteiger partial charge in [0.25, 0.3) is 5.91 Å². The average molecular weight is 524 g/mol. The van der Waals surface area contributed by atoms with Gasteiger partial charge in [0.2, 0.25) is 0 Å². The second kappa shape index (κ2) is 10.8. The van der Waals surface area contributed by atoms with Crippen molar-refractivity contribution in [3.63, 3.8) is 0 Å². The third-order valence-corrected chi connectivity index (χ3v) is 6.83. The van der Waals surface area contributed by atoms with Gasteiger partial charge >= 0.3 is 6.09 Å². The van der Waals surface area contributed by atoms with Crippen molar-refractivity contribution in [1.82, 2.24) is 19.9 Å². The van der Waals surface area contributed by atoms with Crippen LogP contribution in [-0.4, -0.2) is 56.6 Å². The number of amides is 2. The molecule has 2 aromatic heterocycles. The molecule has 200 valence electrons. The Balaban J connectivity index is 1.54. The van der Waals surface area contributed by atoms with Crippen LogP contribution in [0.1, 0.15) is 49.5 Å². The Morgan fingerprint density at radius 2 is 1.79 bits per heavy atom. The number of nitrogens with zero attached hydrogens (tertiary/aromatic N) is 5. The summed E-state index contributed by atoms with van der Waals surface area (Å²) in [5, 5.41) is 1.94. The van der Waals surface area contributed by atoms with Crippen LogP contribution in [0.5, 0.6) is 0 Å². The first-order chi connectivity index (χ1) is 18.7. The zero-order valence-electron chi connectivity index (χ0n) is 22.8. The topological polar surface area (TPSA) is 88.5 Å². The van der Waals surface area contributed by atoms with E-state index in [0.717, 1.165) is 40.4 Å². The van der Waals surface area contributed by atoms with E-state index < -0.39 is 5.60 Å². The normalized spacial score (nSPS) is 15.7. The van der Waals surface area contributed by atoms with Crippen LogP contribution >= 0.6 is 0 Å². The molecule has 0 aliphatic carbocycles. The zero-order valence-corrected chi connectivity index (χ0v) is 22.8. The average Bonchev–Trinajstić information content (AvgIpc) is 2.93. The number of carbonyl (C=O) groups excluding carboxylic acids is 2. The lowest BCUT2D eigenvalue weighted by Gasteiger charge is -2.39. The number of hydrogen-bond acceptors (Lipinski definition) is 6. The highest BCUT2D eigenvalue weighted by atomic mass is 16.6. The molecule has 0 unspecified atom stereocenters. The summed E-state index contributed by atoms with van der Waals surface area (Å²) in [6.07, 6.45) is 7.83. The lowest BCUT2D eigenvalue weighted by molar-refractivity contribution is 0.0196. The number of likely N-dealkylation sites (tertiary alicyclic amines) is 1. The highest BCUT2D eigenvalue weighted by molar-refractivity contribution is 6.11. The maximum absolute atomic E-state index is 14.3. The Morgan fingerprint density at radius 3 is 2.51 bits per heavy atom. The summed E-state index contributed by atoms with van der Waals surface area (Å²) in [7, 11) is 0. The lowest BCUT2D eigenvalue weighted by atomic mass is 10.00. The van der Waals surface area contributed by atoms with Crippen LogP contribution in [0, 0.1) is 6.92 Å². The minimum Gasteiger partial charge on any atom is -0.444 e. The van der Waals surface area contributed by atoms with Gasteiger partial charge < -0.3 is 9.64 Å². The molecule has 2 aromatic carbocycles. The van der Waals surface area contributed by atoms with Crippen molar-refractivity contribution in [2.45, 2.75) is 52.2 Å². The van der Waals surface area contributed by atoms with E-state index in [2.05, 4.69) is 9.97 Å². The fourth-order valence-electron chi connectivity index (χ4n) is 5.03. The van der Waals surface area contributed by atoms with Crippen molar-refractivity contribution in [3.05, 3.63) is 84.4 Å². The number of fused-ring (bicyclic) bond motifs is 1. The maximum Gasteiger partial charge on any atom is 0.410 e. The van der Waals surface area contributed by atoms with Crippen molar-refractivity contribution in [2.75, 3.05) is 18.0 Å². The quantitative estimate of drug-likeness (QED) is 0.324. The number of aryl methyl sites for hydroxylation is 1. The van der Waals surface area contributed by atoms with Crippen molar-refractivity contribution >= 4 is 28.6 Å². The standard InChI is InChI=1S/C31H33N5O3/c1-21-7-5-8-23-14-15-34-28(27(21)23)36(25-9-6-18-35(20-25)30(38)39-31(2,3)4)29(37)24-12-10-22(11-13-24)26-19-32-16-17-33-26/h5,7-8,10-17,19,25H,6,9,18,20H2,1-4H3/t25-/m1/s1. The van der Waals surface area contributed by atoms with E-state index in [1.54, 1.807) is 34.6 Å². The minimum absolute atomic E-state index is 0.167. The zero-order chi connectivity index (χ0) is 27.6. The van der Waals surface area contributed by atoms with Crippen LogP contribution in [-0.2, 0) is 4.74 Å². The summed E-state index contributed by atoms with van der Waals surface area (Å²) in [5.74, 6) is 0.435. The Bertz CT molecular complexity index is 1480. The molecule has 5 rings (SSSR count). The number of benzene rings is 2. The monoisotopic (exact) mass is 523 g/mol. The summed E-state index contributed by atoms with van der Waals surface area (Å²) < 4.78 is 5.66. The predicted octanol–water partition coefficient (Wildman–Crippen LogP) is 6.05. The van der Waals surface area contributed by atoms with Gasteiger partial charge in [-0.05, 0) is 69.7 Å². The van der Waals surface area contributed by atoms with E-state index >= 15 is 0 Å². The fourth-order valence-corrected chi connectivity index (χ4v) is 5.03. The Morgan fingerprint density at radius 1 is 1.00 bits per heavy atom. The minimum atomic E-state index is -0.599. The molecule has 0 bridgehead atoms. The van der Waals surface area contributed by atoms with Crippen molar-refractivity contribution in [1.29, 1.82) is 0 Å². The summed E-state index contributed by atoms with van der Waals surface area (Å²) >= 11 is 0. The highest BCUT2D eigenvalue weighted by Gasteiger charge is 2.35. The number of ether oxygens (including phenoxy) is 1. The fraction of sp³-hybridized carbons (Fsp3) is 0.323. The molecule has 0 radical (unpaired) electrons. The van der Waals surface area contributed by atoms with Crippen LogP contribution in [0.25, 0.3) is 22.0 Å². The summed E-state index contributed by atoms with van der Waals surface area (Å²) in [4.78, 5) is 44.0. The van der Waals surface area contributed by atoms with E-state index in [0.29, 0.717) is 24.5 Å².